The molecular weight excluding hydrogens is 222 g/mol. The zero-order valence-corrected chi connectivity index (χ0v) is 10.1. The third-order valence-corrected chi connectivity index (χ3v) is 4.69. The number of thioether (sulfide) groups is 1. The lowest BCUT2D eigenvalue weighted by molar-refractivity contribution is -0.0267. The number of nitrogens with one attached hydrogen (secondary N) is 1. The van der Waals surface area contributed by atoms with Gasteiger partial charge in [-0.25, -0.2) is 0 Å². The van der Waals surface area contributed by atoms with Gasteiger partial charge in [-0.2, -0.15) is 10.3 Å². The number of aromatic amines is 1. The SMILES string of the molecule is c1n[nH]nc1SCC1CCC2(CCCC2)O1. The van der Waals surface area contributed by atoms with Gasteiger partial charge in [0.2, 0.25) is 0 Å². The van der Waals surface area contributed by atoms with E-state index in [2.05, 4.69) is 15.4 Å². The normalized spacial score (nSPS) is 27.9. The Hall–Kier alpha value is -0.550. The number of ether oxygens (including phenoxy) is 1. The molecule has 0 radical (unpaired) electrons. The van der Waals surface area contributed by atoms with Crippen LogP contribution >= 0.6 is 11.8 Å². The third kappa shape index (κ3) is 2.11. The molecule has 1 atom stereocenters. The quantitative estimate of drug-likeness (QED) is 0.823. The molecule has 1 unspecified atom stereocenters. The zero-order chi connectivity index (χ0) is 10.8. The Labute approximate surface area is 99.5 Å². The minimum Gasteiger partial charge on any atom is -0.371 e. The first-order valence-electron chi connectivity index (χ1n) is 6.03. The molecule has 1 aromatic heterocycles. The third-order valence-electron chi connectivity index (χ3n) is 3.66. The second-order valence-corrected chi connectivity index (χ2v) is 5.83. The van der Waals surface area contributed by atoms with Gasteiger partial charge in [0, 0.05) is 5.75 Å². The van der Waals surface area contributed by atoms with E-state index in [9.17, 15) is 0 Å². The maximum Gasteiger partial charge on any atom is 0.138 e. The van der Waals surface area contributed by atoms with E-state index < -0.39 is 0 Å². The van der Waals surface area contributed by atoms with Gasteiger partial charge in [0.25, 0.3) is 0 Å². The summed E-state index contributed by atoms with van der Waals surface area (Å²) in [5.74, 6) is 1.01. The van der Waals surface area contributed by atoms with Crippen molar-refractivity contribution in [1.82, 2.24) is 15.4 Å². The highest BCUT2D eigenvalue weighted by Gasteiger charge is 2.41. The molecule has 0 amide bonds. The summed E-state index contributed by atoms with van der Waals surface area (Å²) >= 11 is 1.74. The molecule has 1 aromatic rings. The predicted molar refractivity (Wildman–Crippen MR) is 62.4 cm³/mol. The smallest absolute Gasteiger partial charge is 0.138 e. The summed E-state index contributed by atoms with van der Waals surface area (Å²) in [5, 5.41) is 11.4. The zero-order valence-electron chi connectivity index (χ0n) is 9.32. The first-order valence-corrected chi connectivity index (χ1v) is 7.01. The van der Waals surface area contributed by atoms with Crippen molar-refractivity contribution in [3.63, 3.8) is 0 Å². The largest absolute Gasteiger partial charge is 0.371 e. The van der Waals surface area contributed by atoms with E-state index in [4.69, 9.17) is 4.74 Å². The Balaban J connectivity index is 1.50. The highest BCUT2D eigenvalue weighted by Crippen LogP contribution is 2.44. The Bertz CT molecular complexity index is 335. The Morgan fingerprint density at radius 3 is 3.06 bits per heavy atom. The lowest BCUT2D eigenvalue weighted by Gasteiger charge is -2.23. The number of hydrogen-bond donors (Lipinski definition) is 1. The molecule has 1 aliphatic carbocycles. The maximum absolute atomic E-state index is 6.23. The van der Waals surface area contributed by atoms with E-state index in [1.54, 1.807) is 18.0 Å². The molecule has 1 N–H and O–H groups in total. The number of nitrogens with zero attached hydrogens (tertiary/aromatic N) is 2. The van der Waals surface area contributed by atoms with Crippen molar-refractivity contribution in [3.05, 3.63) is 6.20 Å². The van der Waals surface area contributed by atoms with Gasteiger partial charge in [-0.1, -0.05) is 12.8 Å². The van der Waals surface area contributed by atoms with Gasteiger partial charge < -0.3 is 4.74 Å². The summed E-state index contributed by atoms with van der Waals surface area (Å²) in [7, 11) is 0. The van der Waals surface area contributed by atoms with Crippen LogP contribution in [0.2, 0.25) is 0 Å². The van der Waals surface area contributed by atoms with Crippen LogP contribution in [-0.4, -0.2) is 32.9 Å². The van der Waals surface area contributed by atoms with E-state index in [-0.39, 0.29) is 5.60 Å². The molecule has 4 nitrogen and oxygen atoms in total. The van der Waals surface area contributed by atoms with Crippen molar-refractivity contribution in [1.29, 1.82) is 0 Å². The molecule has 1 aliphatic heterocycles. The van der Waals surface area contributed by atoms with Crippen LogP contribution in [0.15, 0.2) is 11.2 Å². The fourth-order valence-corrected chi connectivity index (χ4v) is 3.66. The second kappa shape index (κ2) is 4.37. The fraction of sp³-hybridized carbons (Fsp3) is 0.818. The summed E-state index contributed by atoms with van der Waals surface area (Å²) in [5.41, 5.74) is 0.259. The Kier molecular flexibility index (Phi) is 2.90. The van der Waals surface area contributed by atoms with Crippen molar-refractivity contribution in [2.24, 2.45) is 0 Å². The average molecular weight is 239 g/mol. The minimum absolute atomic E-state index is 0.259. The molecule has 0 aromatic carbocycles. The Morgan fingerprint density at radius 1 is 1.44 bits per heavy atom. The molecule has 2 heterocycles. The lowest BCUT2D eigenvalue weighted by Crippen LogP contribution is -2.25. The molecule has 1 spiro atoms. The first kappa shape index (κ1) is 10.6. The molecule has 0 bridgehead atoms. The summed E-state index contributed by atoms with van der Waals surface area (Å²) in [4.78, 5) is 0. The molecule has 1 saturated carbocycles. The van der Waals surface area contributed by atoms with E-state index in [0.29, 0.717) is 6.10 Å². The maximum atomic E-state index is 6.23. The van der Waals surface area contributed by atoms with E-state index in [0.717, 1.165) is 10.8 Å². The number of aromatic nitrogens is 3. The number of hydrogen-bond acceptors (Lipinski definition) is 4. The van der Waals surface area contributed by atoms with Gasteiger partial charge in [-0.15, -0.1) is 16.9 Å². The number of H-pyrrole nitrogens is 1. The van der Waals surface area contributed by atoms with Gasteiger partial charge in [0.1, 0.15) is 5.03 Å². The summed E-state index contributed by atoms with van der Waals surface area (Å²) < 4.78 is 6.23. The molecule has 1 saturated heterocycles. The monoisotopic (exact) mass is 239 g/mol. The van der Waals surface area contributed by atoms with E-state index in [1.165, 1.54) is 38.5 Å². The van der Waals surface area contributed by atoms with E-state index in [1.807, 2.05) is 0 Å². The van der Waals surface area contributed by atoms with Crippen molar-refractivity contribution in [3.8, 4) is 0 Å². The van der Waals surface area contributed by atoms with Crippen LogP contribution in [0, 0.1) is 0 Å². The van der Waals surface area contributed by atoms with Crippen LogP contribution < -0.4 is 0 Å². The molecule has 16 heavy (non-hydrogen) atoms. The molecule has 2 fully saturated rings. The van der Waals surface area contributed by atoms with Crippen molar-refractivity contribution in [2.45, 2.75) is 55.3 Å². The summed E-state index contributed by atoms with van der Waals surface area (Å²) in [6.45, 7) is 0. The van der Waals surface area contributed by atoms with Gasteiger partial charge in [0.15, 0.2) is 0 Å². The lowest BCUT2D eigenvalue weighted by atomic mass is 9.98. The summed E-state index contributed by atoms with van der Waals surface area (Å²) in [6.07, 6.45) is 9.91. The Morgan fingerprint density at radius 2 is 2.31 bits per heavy atom. The van der Waals surface area contributed by atoms with Crippen molar-refractivity contribution >= 4 is 11.8 Å². The van der Waals surface area contributed by atoms with Gasteiger partial charge >= 0.3 is 0 Å². The number of rotatable bonds is 3. The van der Waals surface area contributed by atoms with Crippen LogP contribution in [-0.2, 0) is 4.74 Å². The highest BCUT2D eigenvalue weighted by atomic mass is 32.2. The minimum atomic E-state index is 0.259. The molecule has 5 heteroatoms. The molecular formula is C11H17N3OS. The van der Waals surface area contributed by atoms with Gasteiger partial charge in [0.05, 0.1) is 17.9 Å². The van der Waals surface area contributed by atoms with Crippen LogP contribution in [0.3, 0.4) is 0 Å². The molecule has 88 valence electrons. The standard InChI is InChI=1S/C11H17N3OS/c1-2-5-11(4-1)6-3-9(15-11)8-16-10-7-12-14-13-10/h7,9H,1-6,8H2,(H,12,13,14). The van der Waals surface area contributed by atoms with Crippen molar-refractivity contribution in [2.75, 3.05) is 5.75 Å². The molecule has 3 rings (SSSR count). The average Bonchev–Trinajstić information content (AvgIpc) is 3.01. The first-order chi connectivity index (χ1) is 7.86. The van der Waals surface area contributed by atoms with Gasteiger partial charge in [-0.05, 0) is 25.7 Å². The fourth-order valence-electron chi connectivity index (χ4n) is 2.84. The van der Waals surface area contributed by atoms with Crippen LogP contribution in [0.5, 0.6) is 0 Å². The second-order valence-electron chi connectivity index (χ2n) is 4.79. The molecule has 2 aliphatic rings. The van der Waals surface area contributed by atoms with Crippen molar-refractivity contribution < 1.29 is 4.74 Å². The van der Waals surface area contributed by atoms with Crippen LogP contribution in [0.1, 0.15) is 38.5 Å². The topological polar surface area (TPSA) is 50.8 Å². The summed E-state index contributed by atoms with van der Waals surface area (Å²) in [6, 6.07) is 0. The van der Waals surface area contributed by atoms with E-state index >= 15 is 0 Å². The predicted octanol–water partition coefficient (Wildman–Crippen LogP) is 2.39. The highest BCUT2D eigenvalue weighted by molar-refractivity contribution is 7.99. The van der Waals surface area contributed by atoms with Crippen LogP contribution in [0.4, 0.5) is 0 Å². The van der Waals surface area contributed by atoms with Gasteiger partial charge in [-0.3, -0.25) is 0 Å². The van der Waals surface area contributed by atoms with Crippen LogP contribution in [0.25, 0.3) is 0 Å².